The summed E-state index contributed by atoms with van der Waals surface area (Å²) in [6, 6.07) is 7.20. The number of hydrogen-bond acceptors (Lipinski definition) is 4. The van der Waals surface area contributed by atoms with Gasteiger partial charge in [0.15, 0.2) is 11.3 Å². The molecule has 24 heavy (non-hydrogen) atoms. The molecule has 1 aromatic heterocycles. The second kappa shape index (κ2) is 5.80. The van der Waals surface area contributed by atoms with E-state index in [9.17, 15) is 18.4 Å². The number of anilines is 1. The van der Waals surface area contributed by atoms with E-state index in [0.29, 0.717) is 16.7 Å². The highest BCUT2D eigenvalue weighted by atomic mass is 19.3. The van der Waals surface area contributed by atoms with E-state index in [-0.39, 0.29) is 28.2 Å². The van der Waals surface area contributed by atoms with Crippen LogP contribution in [-0.4, -0.2) is 18.4 Å². The number of alkyl halides is 2. The molecule has 0 bridgehead atoms. The first-order valence-electron chi connectivity index (χ1n) is 6.88. The molecule has 0 saturated heterocycles. The number of primary amides is 1. The van der Waals surface area contributed by atoms with Gasteiger partial charge in [0, 0.05) is 23.4 Å². The number of nitrogens with one attached hydrogen (secondary N) is 1. The zero-order valence-corrected chi connectivity index (χ0v) is 12.4. The molecule has 0 saturated carbocycles. The van der Waals surface area contributed by atoms with Crippen LogP contribution < -0.4 is 15.8 Å². The van der Waals surface area contributed by atoms with Crippen molar-refractivity contribution >= 4 is 39.4 Å². The summed E-state index contributed by atoms with van der Waals surface area (Å²) in [7, 11) is 0. The van der Waals surface area contributed by atoms with Crippen molar-refractivity contribution in [1.82, 2.24) is 0 Å². The third-order valence-corrected chi connectivity index (χ3v) is 3.38. The molecule has 2 aromatic carbocycles. The maximum atomic E-state index is 12.6. The summed E-state index contributed by atoms with van der Waals surface area (Å²) >= 11 is 0. The topological polar surface area (TPSA) is 94.6 Å². The van der Waals surface area contributed by atoms with Gasteiger partial charge in [-0.1, -0.05) is 0 Å². The second-order valence-electron chi connectivity index (χ2n) is 5.05. The summed E-state index contributed by atoms with van der Waals surface area (Å²) in [4.78, 5) is 22.9. The number of amides is 2. The van der Waals surface area contributed by atoms with E-state index in [4.69, 9.17) is 10.2 Å². The summed E-state index contributed by atoms with van der Waals surface area (Å²) < 4.78 is 35.1. The quantitative estimate of drug-likeness (QED) is 0.766. The van der Waals surface area contributed by atoms with Crippen LogP contribution in [0.2, 0.25) is 0 Å². The standard InChI is InChI=1S/C16H12F2N2O4/c1-7(21)20-8-2-4-11-10(6-8)13-9(15(19)22)3-5-12(14(13)23-11)24-16(17)18/h2-6,16H,1H3,(H2,19,22)(H,20,21). The van der Waals surface area contributed by atoms with Gasteiger partial charge in [0.1, 0.15) is 5.58 Å². The second-order valence-corrected chi connectivity index (χ2v) is 5.05. The van der Waals surface area contributed by atoms with Gasteiger partial charge < -0.3 is 20.2 Å². The first-order valence-corrected chi connectivity index (χ1v) is 6.88. The number of hydrogen-bond donors (Lipinski definition) is 2. The lowest BCUT2D eigenvalue weighted by Gasteiger charge is -2.06. The maximum absolute atomic E-state index is 12.6. The predicted octanol–water partition coefficient (Wildman–Crippen LogP) is 3.24. The maximum Gasteiger partial charge on any atom is 0.387 e. The van der Waals surface area contributed by atoms with Crippen LogP contribution in [0.1, 0.15) is 17.3 Å². The summed E-state index contributed by atoms with van der Waals surface area (Å²) in [6.45, 7) is -1.70. The van der Waals surface area contributed by atoms with Crippen LogP contribution in [0.3, 0.4) is 0 Å². The molecule has 3 N–H and O–H groups in total. The molecule has 0 atom stereocenters. The highest BCUT2D eigenvalue weighted by Gasteiger charge is 2.20. The smallest absolute Gasteiger partial charge is 0.387 e. The Morgan fingerprint density at radius 1 is 1.25 bits per heavy atom. The minimum Gasteiger partial charge on any atom is -0.452 e. The number of carbonyl (C=O) groups is 2. The Balaban J connectivity index is 2.33. The molecule has 3 aromatic rings. The molecule has 0 unspecified atom stereocenters. The van der Waals surface area contributed by atoms with Gasteiger partial charge in [-0.25, -0.2) is 0 Å². The fourth-order valence-electron chi connectivity index (χ4n) is 2.53. The molecule has 0 radical (unpaired) electrons. The number of nitrogens with two attached hydrogens (primary N) is 1. The van der Waals surface area contributed by atoms with Crippen LogP contribution in [0.25, 0.3) is 21.9 Å². The van der Waals surface area contributed by atoms with Crippen LogP contribution in [-0.2, 0) is 4.79 Å². The lowest BCUT2D eigenvalue weighted by atomic mass is 10.0. The Hall–Kier alpha value is -3.16. The molecule has 6 nitrogen and oxygen atoms in total. The Morgan fingerprint density at radius 3 is 2.62 bits per heavy atom. The molecule has 0 aliphatic carbocycles. The Labute approximate surface area is 134 Å². The highest BCUT2D eigenvalue weighted by Crippen LogP contribution is 2.38. The molecule has 124 valence electrons. The molecular formula is C16H12F2N2O4. The van der Waals surface area contributed by atoms with Crippen molar-refractivity contribution in [3.63, 3.8) is 0 Å². The molecule has 0 aliphatic heterocycles. The molecule has 8 heteroatoms. The highest BCUT2D eigenvalue weighted by molar-refractivity contribution is 6.18. The monoisotopic (exact) mass is 334 g/mol. The molecule has 0 spiro atoms. The van der Waals surface area contributed by atoms with Crippen LogP contribution in [0.5, 0.6) is 5.75 Å². The van der Waals surface area contributed by atoms with Crippen molar-refractivity contribution in [2.45, 2.75) is 13.5 Å². The fourth-order valence-corrected chi connectivity index (χ4v) is 2.53. The lowest BCUT2D eigenvalue weighted by molar-refractivity contribution is -0.114. The molecule has 3 rings (SSSR count). The first-order chi connectivity index (χ1) is 11.4. The molecule has 0 aliphatic rings. The van der Waals surface area contributed by atoms with E-state index < -0.39 is 12.5 Å². The van der Waals surface area contributed by atoms with Gasteiger partial charge in [0.05, 0.1) is 5.56 Å². The number of furan rings is 1. The first kappa shape index (κ1) is 15.7. The van der Waals surface area contributed by atoms with Crippen molar-refractivity contribution in [3.05, 3.63) is 35.9 Å². The third kappa shape index (κ3) is 2.73. The number of rotatable bonds is 4. The number of fused-ring (bicyclic) bond motifs is 3. The van der Waals surface area contributed by atoms with E-state index >= 15 is 0 Å². The van der Waals surface area contributed by atoms with Crippen LogP contribution in [0.4, 0.5) is 14.5 Å². The van der Waals surface area contributed by atoms with Gasteiger partial charge in [-0.3, -0.25) is 9.59 Å². The minimum atomic E-state index is -3.05. The van der Waals surface area contributed by atoms with Crippen LogP contribution >= 0.6 is 0 Å². The normalized spacial score (nSPS) is 11.2. The predicted molar refractivity (Wildman–Crippen MR) is 83.2 cm³/mol. The molecular weight excluding hydrogens is 322 g/mol. The Bertz CT molecular complexity index is 966. The molecule has 0 fully saturated rings. The largest absolute Gasteiger partial charge is 0.452 e. The summed E-state index contributed by atoms with van der Waals surface area (Å²) in [5.74, 6) is -1.22. The van der Waals surface area contributed by atoms with E-state index in [1.807, 2.05) is 0 Å². The number of carbonyl (C=O) groups excluding carboxylic acids is 2. The summed E-state index contributed by atoms with van der Waals surface area (Å²) in [5.41, 5.74) is 6.26. The summed E-state index contributed by atoms with van der Waals surface area (Å²) in [5, 5.41) is 3.30. The average Bonchev–Trinajstić information content (AvgIpc) is 2.85. The van der Waals surface area contributed by atoms with Gasteiger partial charge >= 0.3 is 6.61 Å². The molecule has 1 heterocycles. The number of benzene rings is 2. The van der Waals surface area contributed by atoms with E-state index in [1.165, 1.54) is 19.1 Å². The van der Waals surface area contributed by atoms with Crippen molar-refractivity contribution in [1.29, 1.82) is 0 Å². The zero-order chi connectivity index (χ0) is 17.4. The van der Waals surface area contributed by atoms with Gasteiger partial charge in [0.25, 0.3) is 0 Å². The van der Waals surface area contributed by atoms with Crippen molar-refractivity contribution < 1.29 is 27.5 Å². The van der Waals surface area contributed by atoms with Gasteiger partial charge in [0.2, 0.25) is 11.8 Å². The lowest BCUT2D eigenvalue weighted by Crippen LogP contribution is -2.11. The number of ether oxygens (including phenoxy) is 1. The van der Waals surface area contributed by atoms with E-state index in [1.54, 1.807) is 18.2 Å². The Kier molecular flexibility index (Phi) is 3.80. The zero-order valence-electron chi connectivity index (χ0n) is 12.4. The van der Waals surface area contributed by atoms with Crippen molar-refractivity contribution in [3.8, 4) is 5.75 Å². The molecule has 2 amide bonds. The van der Waals surface area contributed by atoms with E-state index in [2.05, 4.69) is 10.1 Å². The fraction of sp³-hybridized carbons (Fsp3) is 0.125. The van der Waals surface area contributed by atoms with Crippen LogP contribution in [0.15, 0.2) is 34.7 Å². The van der Waals surface area contributed by atoms with Gasteiger partial charge in [-0.15, -0.1) is 0 Å². The SMILES string of the molecule is CC(=O)Nc1ccc2oc3c(OC(F)F)ccc(C(N)=O)c3c2c1. The van der Waals surface area contributed by atoms with Gasteiger partial charge in [-0.05, 0) is 30.3 Å². The van der Waals surface area contributed by atoms with Gasteiger partial charge in [-0.2, -0.15) is 8.78 Å². The third-order valence-electron chi connectivity index (χ3n) is 3.38. The Morgan fingerprint density at radius 2 is 2.00 bits per heavy atom. The van der Waals surface area contributed by atoms with Crippen molar-refractivity contribution in [2.75, 3.05) is 5.32 Å². The number of halogens is 2. The average molecular weight is 334 g/mol. The summed E-state index contributed by atoms with van der Waals surface area (Å²) in [6.07, 6.45) is 0. The van der Waals surface area contributed by atoms with E-state index in [0.717, 1.165) is 0 Å². The minimum absolute atomic E-state index is 0.0124. The van der Waals surface area contributed by atoms with Crippen LogP contribution in [0, 0.1) is 0 Å². The van der Waals surface area contributed by atoms with Crippen molar-refractivity contribution in [2.24, 2.45) is 5.73 Å².